The number of nitrogens with one attached hydrogen (secondary N) is 2. The van der Waals surface area contributed by atoms with E-state index in [1.165, 1.54) is 12.8 Å². The van der Waals surface area contributed by atoms with Crippen molar-refractivity contribution in [3.8, 4) is 0 Å². The fourth-order valence-electron chi connectivity index (χ4n) is 2.54. The van der Waals surface area contributed by atoms with E-state index in [1.54, 1.807) is 0 Å². The van der Waals surface area contributed by atoms with Crippen LogP contribution in [0.25, 0.3) is 0 Å². The number of piperidine rings is 1. The Hall–Kier alpha value is -0.650. The van der Waals surface area contributed by atoms with E-state index in [0.29, 0.717) is 0 Å². The van der Waals surface area contributed by atoms with E-state index in [-0.39, 0.29) is 11.9 Å². The number of nitrogens with zero attached hydrogens (tertiary/aromatic N) is 1. The summed E-state index contributed by atoms with van der Waals surface area (Å²) in [5.74, 6) is 0.177. The summed E-state index contributed by atoms with van der Waals surface area (Å²) in [5, 5.41) is 6.30. The summed E-state index contributed by atoms with van der Waals surface area (Å²) in [6.45, 7) is 6.56. The Morgan fingerprint density at radius 1 is 1.33 bits per heavy atom. The van der Waals surface area contributed by atoms with E-state index in [9.17, 15) is 4.79 Å². The monoisotopic (exact) mass is 255 g/mol. The lowest BCUT2D eigenvalue weighted by molar-refractivity contribution is -0.123. The van der Waals surface area contributed by atoms with E-state index < -0.39 is 0 Å². The second kappa shape index (κ2) is 7.71. The van der Waals surface area contributed by atoms with Crippen molar-refractivity contribution in [2.24, 2.45) is 0 Å². The molecule has 1 amide bonds. The molecule has 2 heterocycles. The first-order valence-corrected chi connectivity index (χ1v) is 7.17. The number of carbonyl (C=O) groups excluding carboxylic acids is 1. The zero-order valence-electron chi connectivity index (χ0n) is 11.1. The molecule has 2 aliphatic heterocycles. The van der Waals surface area contributed by atoms with Crippen LogP contribution in [0.5, 0.6) is 0 Å². The van der Waals surface area contributed by atoms with Gasteiger partial charge in [-0.1, -0.05) is 6.42 Å². The topological polar surface area (TPSA) is 53.6 Å². The predicted molar refractivity (Wildman–Crippen MR) is 70.5 cm³/mol. The van der Waals surface area contributed by atoms with Crippen molar-refractivity contribution < 1.29 is 9.53 Å². The van der Waals surface area contributed by atoms with Gasteiger partial charge in [0.25, 0.3) is 0 Å². The molecule has 0 spiro atoms. The van der Waals surface area contributed by atoms with Crippen LogP contribution in [0.15, 0.2) is 0 Å². The summed E-state index contributed by atoms with van der Waals surface area (Å²) >= 11 is 0. The van der Waals surface area contributed by atoms with Gasteiger partial charge in [0.2, 0.25) is 5.91 Å². The molecule has 0 saturated carbocycles. The van der Waals surface area contributed by atoms with E-state index in [2.05, 4.69) is 15.5 Å². The number of ether oxygens (including phenoxy) is 1. The van der Waals surface area contributed by atoms with Crippen LogP contribution in [-0.4, -0.2) is 62.8 Å². The summed E-state index contributed by atoms with van der Waals surface area (Å²) in [4.78, 5) is 14.2. The average molecular weight is 255 g/mol. The Morgan fingerprint density at radius 2 is 2.17 bits per heavy atom. The molecular weight excluding hydrogens is 230 g/mol. The molecule has 5 heteroatoms. The molecule has 1 atom stereocenters. The fourth-order valence-corrected chi connectivity index (χ4v) is 2.54. The molecule has 0 bridgehead atoms. The summed E-state index contributed by atoms with van der Waals surface area (Å²) in [6.07, 6.45) is 4.37. The first-order chi connectivity index (χ1) is 8.86. The Bertz CT molecular complexity index is 249. The first-order valence-electron chi connectivity index (χ1n) is 7.17. The standard InChI is InChI=1S/C13H25N3O2/c17-13(12-4-1-2-5-14-12)15-6-3-7-16-8-10-18-11-9-16/h12,14H,1-11H2,(H,15,17). The highest BCUT2D eigenvalue weighted by Gasteiger charge is 2.19. The van der Waals surface area contributed by atoms with Gasteiger partial charge in [-0.2, -0.15) is 0 Å². The maximum Gasteiger partial charge on any atom is 0.237 e. The largest absolute Gasteiger partial charge is 0.379 e. The lowest BCUT2D eigenvalue weighted by Crippen LogP contribution is -2.47. The number of carbonyl (C=O) groups is 1. The number of amides is 1. The Kier molecular flexibility index (Phi) is 5.90. The molecule has 0 aromatic heterocycles. The van der Waals surface area contributed by atoms with Gasteiger partial charge in [0, 0.05) is 19.6 Å². The van der Waals surface area contributed by atoms with Crippen LogP contribution in [0.1, 0.15) is 25.7 Å². The molecule has 2 N–H and O–H groups in total. The van der Waals surface area contributed by atoms with Gasteiger partial charge in [-0.15, -0.1) is 0 Å². The summed E-state index contributed by atoms with van der Waals surface area (Å²) in [6, 6.07) is 0.0436. The molecule has 0 aliphatic carbocycles. The third kappa shape index (κ3) is 4.55. The SMILES string of the molecule is O=C(NCCCN1CCOCC1)C1CCCCN1. The molecule has 104 valence electrons. The molecule has 18 heavy (non-hydrogen) atoms. The van der Waals surface area contributed by atoms with Crippen molar-refractivity contribution >= 4 is 5.91 Å². The van der Waals surface area contributed by atoms with Crippen molar-refractivity contribution in [3.63, 3.8) is 0 Å². The zero-order valence-corrected chi connectivity index (χ0v) is 11.1. The van der Waals surface area contributed by atoms with Crippen molar-refractivity contribution in [3.05, 3.63) is 0 Å². The number of hydrogen-bond acceptors (Lipinski definition) is 4. The maximum atomic E-state index is 11.8. The minimum Gasteiger partial charge on any atom is -0.379 e. The Labute approximate surface area is 109 Å². The molecule has 5 nitrogen and oxygen atoms in total. The molecule has 2 aliphatic rings. The van der Waals surface area contributed by atoms with Crippen molar-refractivity contribution in [1.29, 1.82) is 0 Å². The van der Waals surface area contributed by atoms with Gasteiger partial charge in [0.05, 0.1) is 19.3 Å². The highest BCUT2D eigenvalue weighted by molar-refractivity contribution is 5.81. The molecule has 0 radical (unpaired) electrons. The quantitative estimate of drug-likeness (QED) is 0.677. The van der Waals surface area contributed by atoms with Gasteiger partial charge >= 0.3 is 0 Å². The molecule has 2 saturated heterocycles. The van der Waals surface area contributed by atoms with E-state index in [1.807, 2.05) is 0 Å². The van der Waals surface area contributed by atoms with E-state index >= 15 is 0 Å². The van der Waals surface area contributed by atoms with Crippen LogP contribution in [0, 0.1) is 0 Å². The highest BCUT2D eigenvalue weighted by atomic mass is 16.5. The summed E-state index contributed by atoms with van der Waals surface area (Å²) in [7, 11) is 0. The second-order valence-electron chi connectivity index (χ2n) is 5.10. The molecular formula is C13H25N3O2. The lowest BCUT2D eigenvalue weighted by Gasteiger charge is -2.26. The zero-order chi connectivity index (χ0) is 12.6. The van der Waals surface area contributed by atoms with Crippen LogP contribution in [0.4, 0.5) is 0 Å². The van der Waals surface area contributed by atoms with Crippen LogP contribution >= 0.6 is 0 Å². The van der Waals surface area contributed by atoms with Crippen molar-refractivity contribution in [1.82, 2.24) is 15.5 Å². The molecule has 2 rings (SSSR count). The highest BCUT2D eigenvalue weighted by Crippen LogP contribution is 2.06. The molecule has 0 aromatic rings. The lowest BCUT2D eigenvalue weighted by atomic mass is 10.0. The smallest absolute Gasteiger partial charge is 0.237 e. The number of morpholine rings is 1. The van der Waals surface area contributed by atoms with Crippen molar-refractivity contribution in [2.75, 3.05) is 45.9 Å². The van der Waals surface area contributed by atoms with Gasteiger partial charge in [-0.05, 0) is 32.4 Å². The summed E-state index contributed by atoms with van der Waals surface area (Å²) in [5.41, 5.74) is 0. The summed E-state index contributed by atoms with van der Waals surface area (Å²) < 4.78 is 5.30. The van der Waals surface area contributed by atoms with Gasteiger partial charge in [0.1, 0.15) is 0 Å². The van der Waals surface area contributed by atoms with Crippen LogP contribution in [0.3, 0.4) is 0 Å². The van der Waals surface area contributed by atoms with Crippen LogP contribution in [-0.2, 0) is 9.53 Å². The normalized spacial score (nSPS) is 25.9. The number of rotatable bonds is 5. The predicted octanol–water partition coefficient (Wildman–Crippen LogP) is -0.0330. The van der Waals surface area contributed by atoms with Gasteiger partial charge in [0.15, 0.2) is 0 Å². The van der Waals surface area contributed by atoms with Gasteiger partial charge in [-0.25, -0.2) is 0 Å². The second-order valence-corrected chi connectivity index (χ2v) is 5.10. The number of hydrogen-bond donors (Lipinski definition) is 2. The van der Waals surface area contributed by atoms with Gasteiger partial charge in [-0.3, -0.25) is 9.69 Å². The van der Waals surface area contributed by atoms with Crippen molar-refractivity contribution in [2.45, 2.75) is 31.7 Å². The third-order valence-corrected chi connectivity index (χ3v) is 3.68. The third-order valence-electron chi connectivity index (χ3n) is 3.68. The molecule has 1 unspecified atom stereocenters. The molecule has 0 aromatic carbocycles. The minimum atomic E-state index is 0.0436. The first kappa shape index (κ1) is 13.8. The van der Waals surface area contributed by atoms with E-state index in [4.69, 9.17) is 4.74 Å². The Morgan fingerprint density at radius 3 is 2.89 bits per heavy atom. The maximum absolute atomic E-state index is 11.8. The van der Waals surface area contributed by atoms with E-state index in [0.717, 1.165) is 58.8 Å². The average Bonchev–Trinajstić information content (AvgIpc) is 2.45. The fraction of sp³-hybridized carbons (Fsp3) is 0.923. The van der Waals surface area contributed by atoms with Gasteiger partial charge < -0.3 is 15.4 Å². The molecule has 2 fully saturated rings. The Balaban J connectivity index is 1.52. The van der Waals surface area contributed by atoms with Crippen LogP contribution < -0.4 is 10.6 Å². The van der Waals surface area contributed by atoms with Crippen LogP contribution in [0.2, 0.25) is 0 Å². The minimum absolute atomic E-state index is 0.0436.